The maximum atomic E-state index is 12.4. The standard InChI is InChI=1S/C21H14N2O5S/c24-19(8-12-5-6-17-18(7-12)27-11-26-17)23-21-22-15(10-29-21)14-9-13-3-1-2-4-16(13)28-20(14)25/h1-7,9-10H,8,11H2,(H,22,23,24). The highest BCUT2D eigenvalue weighted by molar-refractivity contribution is 7.14. The Morgan fingerprint density at radius 3 is 2.90 bits per heavy atom. The Bertz CT molecular complexity index is 1290. The van der Waals surface area contributed by atoms with E-state index in [-0.39, 0.29) is 19.1 Å². The fraction of sp³-hybridized carbons (Fsp3) is 0.0952. The van der Waals surface area contributed by atoms with Crippen LogP contribution < -0.4 is 20.4 Å². The van der Waals surface area contributed by atoms with Crippen molar-refractivity contribution in [2.75, 3.05) is 12.1 Å². The number of carbonyl (C=O) groups excluding carboxylic acids is 1. The summed E-state index contributed by atoms with van der Waals surface area (Å²) in [5.41, 5.74) is 1.68. The number of ether oxygens (including phenoxy) is 2. The first-order chi connectivity index (χ1) is 14.2. The maximum absolute atomic E-state index is 12.4. The second kappa shape index (κ2) is 7.06. The van der Waals surface area contributed by atoms with E-state index in [9.17, 15) is 9.59 Å². The number of benzene rings is 2. The van der Waals surface area contributed by atoms with Gasteiger partial charge in [0.05, 0.1) is 17.7 Å². The van der Waals surface area contributed by atoms with Crippen LogP contribution in [0.2, 0.25) is 0 Å². The second-order valence-electron chi connectivity index (χ2n) is 6.44. The summed E-state index contributed by atoms with van der Waals surface area (Å²) in [5, 5.41) is 5.71. The molecular formula is C21H14N2O5S. The summed E-state index contributed by atoms with van der Waals surface area (Å²) >= 11 is 1.25. The molecule has 0 radical (unpaired) electrons. The van der Waals surface area contributed by atoms with Crippen molar-refractivity contribution in [2.24, 2.45) is 0 Å². The number of hydrogen-bond acceptors (Lipinski definition) is 7. The maximum Gasteiger partial charge on any atom is 0.345 e. The van der Waals surface area contributed by atoms with Crippen LogP contribution in [0.1, 0.15) is 5.56 Å². The molecule has 0 atom stereocenters. The number of fused-ring (bicyclic) bond motifs is 2. The minimum absolute atomic E-state index is 0.170. The molecule has 0 fully saturated rings. The fourth-order valence-electron chi connectivity index (χ4n) is 3.10. The predicted octanol–water partition coefficient (Wildman–Crippen LogP) is 3.83. The Labute approximate surface area is 168 Å². The minimum atomic E-state index is -0.466. The van der Waals surface area contributed by atoms with Gasteiger partial charge in [0, 0.05) is 10.8 Å². The van der Waals surface area contributed by atoms with Crippen molar-refractivity contribution < 1.29 is 18.7 Å². The number of aromatic nitrogens is 1. The van der Waals surface area contributed by atoms with Crippen molar-refractivity contribution in [1.82, 2.24) is 4.98 Å². The van der Waals surface area contributed by atoms with Crippen molar-refractivity contribution in [3.05, 3.63) is 69.9 Å². The Balaban J connectivity index is 1.33. The average Bonchev–Trinajstić information content (AvgIpc) is 3.36. The summed E-state index contributed by atoms with van der Waals surface area (Å²) in [6.07, 6.45) is 0.170. The van der Waals surface area contributed by atoms with Crippen molar-refractivity contribution in [3.63, 3.8) is 0 Å². The average molecular weight is 406 g/mol. The summed E-state index contributed by atoms with van der Waals surface area (Å²) in [6.45, 7) is 0.190. The van der Waals surface area contributed by atoms with Gasteiger partial charge in [0.1, 0.15) is 5.58 Å². The first-order valence-electron chi connectivity index (χ1n) is 8.83. The lowest BCUT2D eigenvalue weighted by atomic mass is 10.1. The van der Waals surface area contributed by atoms with Crippen molar-refractivity contribution in [3.8, 4) is 22.8 Å². The molecule has 1 N–H and O–H groups in total. The first-order valence-corrected chi connectivity index (χ1v) is 9.71. The zero-order chi connectivity index (χ0) is 19.8. The fourth-order valence-corrected chi connectivity index (χ4v) is 3.82. The van der Waals surface area contributed by atoms with Crippen LogP contribution in [0.15, 0.2) is 63.1 Å². The van der Waals surface area contributed by atoms with E-state index in [1.807, 2.05) is 24.3 Å². The molecule has 1 aliphatic heterocycles. The van der Waals surface area contributed by atoms with Gasteiger partial charge < -0.3 is 19.2 Å². The number of rotatable bonds is 4. The molecule has 8 heteroatoms. The number of hydrogen-bond donors (Lipinski definition) is 1. The molecular weight excluding hydrogens is 392 g/mol. The van der Waals surface area contributed by atoms with Gasteiger partial charge in [0.15, 0.2) is 16.6 Å². The molecule has 3 heterocycles. The van der Waals surface area contributed by atoms with E-state index in [1.165, 1.54) is 11.3 Å². The summed E-state index contributed by atoms with van der Waals surface area (Å²) in [7, 11) is 0. The molecule has 0 bridgehead atoms. The van der Waals surface area contributed by atoms with Crippen molar-refractivity contribution >= 4 is 33.3 Å². The first kappa shape index (κ1) is 17.4. The molecule has 4 aromatic rings. The number of amides is 1. The lowest BCUT2D eigenvalue weighted by Crippen LogP contribution is -2.14. The molecule has 0 saturated heterocycles. The van der Waals surface area contributed by atoms with Crippen LogP contribution >= 0.6 is 11.3 Å². The minimum Gasteiger partial charge on any atom is -0.454 e. The van der Waals surface area contributed by atoms with Gasteiger partial charge >= 0.3 is 5.63 Å². The van der Waals surface area contributed by atoms with Gasteiger partial charge in [0.2, 0.25) is 12.7 Å². The van der Waals surface area contributed by atoms with Crippen LogP contribution in [0.4, 0.5) is 5.13 Å². The summed E-state index contributed by atoms with van der Waals surface area (Å²) in [4.78, 5) is 29.0. The van der Waals surface area contributed by atoms with Gasteiger partial charge in [-0.25, -0.2) is 9.78 Å². The lowest BCUT2D eigenvalue weighted by Gasteiger charge is -2.03. The van der Waals surface area contributed by atoms with Gasteiger partial charge in [-0.1, -0.05) is 24.3 Å². The summed E-state index contributed by atoms with van der Waals surface area (Å²) in [6, 6.07) is 14.4. The van der Waals surface area contributed by atoms with E-state index in [0.717, 1.165) is 10.9 Å². The van der Waals surface area contributed by atoms with E-state index in [2.05, 4.69) is 10.3 Å². The van der Waals surface area contributed by atoms with Crippen molar-refractivity contribution in [2.45, 2.75) is 6.42 Å². The molecule has 0 saturated carbocycles. The van der Waals surface area contributed by atoms with Crippen LogP contribution in [0.3, 0.4) is 0 Å². The Morgan fingerprint density at radius 1 is 1.10 bits per heavy atom. The number of para-hydroxylation sites is 1. The molecule has 0 spiro atoms. The van der Waals surface area contributed by atoms with E-state index < -0.39 is 5.63 Å². The van der Waals surface area contributed by atoms with E-state index in [1.54, 1.807) is 29.6 Å². The SMILES string of the molecule is O=C(Cc1ccc2c(c1)OCO2)Nc1nc(-c2cc3ccccc3oc2=O)cs1. The van der Waals surface area contributed by atoms with Crippen LogP contribution in [0.5, 0.6) is 11.5 Å². The molecule has 2 aromatic carbocycles. The smallest absolute Gasteiger partial charge is 0.345 e. The molecule has 0 unspecified atom stereocenters. The number of anilines is 1. The monoisotopic (exact) mass is 406 g/mol. The quantitative estimate of drug-likeness (QED) is 0.518. The van der Waals surface area contributed by atoms with Crippen LogP contribution in [0.25, 0.3) is 22.2 Å². The molecule has 2 aromatic heterocycles. The number of nitrogens with zero attached hydrogens (tertiary/aromatic N) is 1. The third-order valence-electron chi connectivity index (χ3n) is 4.47. The molecule has 144 valence electrons. The molecule has 1 aliphatic rings. The van der Waals surface area contributed by atoms with E-state index >= 15 is 0 Å². The highest BCUT2D eigenvalue weighted by atomic mass is 32.1. The predicted molar refractivity (Wildman–Crippen MR) is 108 cm³/mol. The lowest BCUT2D eigenvalue weighted by molar-refractivity contribution is -0.115. The zero-order valence-corrected chi connectivity index (χ0v) is 15.8. The third kappa shape index (κ3) is 3.45. The molecule has 5 rings (SSSR count). The van der Waals surface area contributed by atoms with E-state index in [4.69, 9.17) is 13.9 Å². The van der Waals surface area contributed by atoms with E-state index in [0.29, 0.717) is 33.5 Å². The second-order valence-corrected chi connectivity index (χ2v) is 7.29. The van der Waals surface area contributed by atoms with Crippen LogP contribution in [0, 0.1) is 0 Å². The highest BCUT2D eigenvalue weighted by Gasteiger charge is 2.16. The largest absolute Gasteiger partial charge is 0.454 e. The van der Waals surface area contributed by atoms with Gasteiger partial charge in [-0.3, -0.25) is 4.79 Å². The molecule has 1 amide bonds. The van der Waals surface area contributed by atoms with Gasteiger partial charge in [-0.15, -0.1) is 11.3 Å². The topological polar surface area (TPSA) is 90.7 Å². The third-order valence-corrected chi connectivity index (χ3v) is 5.23. The Morgan fingerprint density at radius 2 is 1.97 bits per heavy atom. The number of carbonyl (C=O) groups is 1. The highest BCUT2D eigenvalue weighted by Crippen LogP contribution is 2.32. The number of thiazole rings is 1. The normalized spacial score (nSPS) is 12.3. The zero-order valence-electron chi connectivity index (χ0n) is 15.0. The van der Waals surface area contributed by atoms with Gasteiger partial charge in [-0.2, -0.15) is 0 Å². The summed E-state index contributed by atoms with van der Waals surface area (Å²) in [5.74, 6) is 1.10. The Kier molecular flexibility index (Phi) is 4.25. The molecule has 7 nitrogen and oxygen atoms in total. The number of nitrogens with one attached hydrogen (secondary N) is 1. The summed E-state index contributed by atoms with van der Waals surface area (Å²) < 4.78 is 16.0. The molecule has 0 aliphatic carbocycles. The Hall–Kier alpha value is -3.65. The van der Waals surface area contributed by atoms with Gasteiger partial charge in [-0.05, 0) is 29.8 Å². The van der Waals surface area contributed by atoms with Crippen molar-refractivity contribution in [1.29, 1.82) is 0 Å². The van der Waals surface area contributed by atoms with Crippen LogP contribution in [-0.4, -0.2) is 17.7 Å². The van der Waals surface area contributed by atoms with Gasteiger partial charge in [0.25, 0.3) is 0 Å². The van der Waals surface area contributed by atoms with Crippen LogP contribution in [-0.2, 0) is 11.2 Å². The molecule has 29 heavy (non-hydrogen) atoms.